The molecule has 1 aromatic carbocycles. The van der Waals surface area contributed by atoms with E-state index < -0.39 is 0 Å². The number of hydrogen-bond acceptors (Lipinski definition) is 3. The van der Waals surface area contributed by atoms with Crippen LogP contribution in [-0.4, -0.2) is 36.2 Å². The van der Waals surface area contributed by atoms with E-state index in [0.29, 0.717) is 6.04 Å². The van der Waals surface area contributed by atoms with Gasteiger partial charge in [0, 0.05) is 6.04 Å². The molecular weight excluding hydrogens is 306 g/mol. The number of hydrogen-bond donors (Lipinski definition) is 1. The molecule has 1 fully saturated rings. The molecule has 3 nitrogen and oxygen atoms in total. The van der Waals surface area contributed by atoms with Crippen LogP contribution in [0.4, 0.5) is 0 Å². The van der Waals surface area contributed by atoms with Gasteiger partial charge in [-0.05, 0) is 66.5 Å². The van der Waals surface area contributed by atoms with E-state index in [0.717, 1.165) is 28.8 Å². The van der Waals surface area contributed by atoms with Crippen molar-refractivity contribution >= 4 is 15.9 Å². The largest absolute Gasteiger partial charge is 0.492 e. The van der Waals surface area contributed by atoms with Crippen molar-refractivity contribution in [2.75, 3.05) is 20.2 Å². The van der Waals surface area contributed by atoms with Crippen LogP contribution >= 0.6 is 15.9 Å². The van der Waals surface area contributed by atoms with Crippen LogP contribution in [0.15, 0.2) is 22.7 Å². The van der Waals surface area contributed by atoms with Crippen molar-refractivity contribution in [1.82, 2.24) is 4.90 Å². The van der Waals surface area contributed by atoms with Crippen molar-refractivity contribution in [3.63, 3.8) is 0 Å². The Bertz CT molecular complexity index is 411. The zero-order chi connectivity index (χ0) is 13.7. The maximum atomic E-state index is 9.06. The predicted molar refractivity (Wildman–Crippen MR) is 80.4 cm³/mol. The monoisotopic (exact) mass is 327 g/mol. The molecule has 0 amide bonds. The third-order valence-electron chi connectivity index (χ3n) is 3.81. The lowest BCUT2D eigenvalue weighted by Gasteiger charge is -2.32. The van der Waals surface area contributed by atoms with E-state index >= 15 is 0 Å². The fraction of sp³-hybridized carbons (Fsp3) is 0.600. The number of ether oxygens (including phenoxy) is 1. The van der Waals surface area contributed by atoms with Gasteiger partial charge in [0.1, 0.15) is 5.75 Å². The van der Waals surface area contributed by atoms with Crippen LogP contribution in [0.25, 0.3) is 0 Å². The van der Waals surface area contributed by atoms with E-state index in [9.17, 15) is 0 Å². The summed E-state index contributed by atoms with van der Waals surface area (Å²) in [5.74, 6) is 0.857. The molecule has 0 saturated carbocycles. The Hall–Kier alpha value is -0.580. The Labute approximate surface area is 123 Å². The van der Waals surface area contributed by atoms with Crippen molar-refractivity contribution in [2.45, 2.75) is 38.3 Å². The van der Waals surface area contributed by atoms with E-state index in [-0.39, 0.29) is 6.61 Å². The van der Waals surface area contributed by atoms with Crippen LogP contribution in [0.5, 0.6) is 5.75 Å². The molecule has 1 unspecified atom stereocenters. The molecule has 19 heavy (non-hydrogen) atoms. The van der Waals surface area contributed by atoms with E-state index in [1.54, 1.807) is 0 Å². The Kier molecular flexibility index (Phi) is 5.67. The number of halogens is 1. The summed E-state index contributed by atoms with van der Waals surface area (Å²) in [5, 5.41) is 9.06. The molecule has 1 heterocycles. The quantitative estimate of drug-likeness (QED) is 0.901. The topological polar surface area (TPSA) is 32.7 Å². The molecule has 1 aliphatic heterocycles. The molecule has 1 atom stereocenters. The number of piperidine rings is 1. The van der Waals surface area contributed by atoms with Crippen molar-refractivity contribution in [3.8, 4) is 5.75 Å². The number of nitrogens with zero attached hydrogens (tertiary/aromatic N) is 1. The van der Waals surface area contributed by atoms with Crippen LogP contribution in [0, 0.1) is 0 Å². The molecule has 0 radical (unpaired) electrons. The Morgan fingerprint density at radius 2 is 2.26 bits per heavy atom. The summed E-state index contributed by atoms with van der Waals surface area (Å²) >= 11 is 3.48. The minimum Gasteiger partial charge on any atom is -0.492 e. The Balaban J connectivity index is 1.82. The summed E-state index contributed by atoms with van der Waals surface area (Å²) in [6.07, 6.45) is 5.01. The lowest BCUT2D eigenvalue weighted by Crippen LogP contribution is -2.37. The molecule has 0 aliphatic carbocycles. The first-order chi connectivity index (χ1) is 9.20. The summed E-state index contributed by atoms with van der Waals surface area (Å²) in [7, 11) is 2.20. The molecule has 1 saturated heterocycles. The number of benzene rings is 1. The highest BCUT2D eigenvalue weighted by atomic mass is 79.9. The van der Waals surface area contributed by atoms with E-state index in [2.05, 4.69) is 27.9 Å². The number of aliphatic hydroxyl groups is 1. The van der Waals surface area contributed by atoms with Gasteiger partial charge in [-0.25, -0.2) is 0 Å². The molecular formula is C15H22BrNO2. The van der Waals surface area contributed by atoms with Gasteiger partial charge in [0.05, 0.1) is 17.7 Å². The van der Waals surface area contributed by atoms with Crippen LogP contribution in [-0.2, 0) is 6.61 Å². The first-order valence-electron chi connectivity index (χ1n) is 6.93. The fourth-order valence-electron chi connectivity index (χ4n) is 2.57. The summed E-state index contributed by atoms with van der Waals surface area (Å²) in [6, 6.07) is 6.37. The van der Waals surface area contributed by atoms with Gasteiger partial charge in [0.2, 0.25) is 0 Å². The standard InChI is InChI=1S/C15H22BrNO2/c1-17-8-3-2-4-13(17)7-9-19-15-6-5-12(11-18)10-14(15)16/h5-6,10,13,18H,2-4,7-9,11H2,1H3. The summed E-state index contributed by atoms with van der Waals surface area (Å²) in [5.41, 5.74) is 0.895. The molecule has 0 spiro atoms. The molecule has 1 aliphatic rings. The van der Waals surface area contributed by atoms with Gasteiger partial charge in [-0.2, -0.15) is 0 Å². The molecule has 106 valence electrons. The van der Waals surface area contributed by atoms with Crippen molar-refractivity contribution < 1.29 is 9.84 Å². The van der Waals surface area contributed by atoms with Crippen LogP contribution in [0.1, 0.15) is 31.2 Å². The van der Waals surface area contributed by atoms with Crippen molar-refractivity contribution in [3.05, 3.63) is 28.2 Å². The fourth-order valence-corrected chi connectivity index (χ4v) is 3.11. The van der Waals surface area contributed by atoms with Gasteiger partial charge in [-0.3, -0.25) is 0 Å². The SMILES string of the molecule is CN1CCCCC1CCOc1ccc(CO)cc1Br. The highest BCUT2D eigenvalue weighted by Gasteiger charge is 2.18. The van der Waals surface area contributed by atoms with Gasteiger partial charge < -0.3 is 14.7 Å². The predicted octanol–water partition coefficient (Wildman–Crippen LogP) is 3.19. The highest BCUT2D eigenvalue weighted by molar-refractivity contribution is 9.10. The summed E-state index contributed by atoms with van der Waals surface area (Å²) in [6.45, 7) is 2.01. The average Bonchev–Trinajstić information content (AvgIpc) is 2.42. The molecule has 4 heteroatoms. The van der Waals surface area contributed by atoms with E-state index in [4.69, 9.17) is 9.84 Å². The molecule has 0 aromatic heterocycles. The van der Waals surface area contributed by atoms with E-state index in [1.165, 1.54) is 25.8 Å². The maximum Gasteiger partial charge on any atom is 0.133 e. The van der Waals surface area contributed by atoms with Crippen LogP contribution in [0.2, 0.25) is 0 Å². The lowest BCUT2D eigenvalue weighted by molar-refractivity contribution is 0.153. The number of likely N-dealkylation sites (tertiary alicyclic amines) is 1. The first-order valence-corrected chi connectivity index (χ1v) is 7.72. The molecule has 2 rings (SSSR count). The highest BCUT2D eigenvalue weighted by Crippen LogP contribution is 2.26. The average molecular weight is 328 g/mol. The normalized spacial score (nSPS) is 20.5. The second-order valence-corrected chi connectivity index (χ2v) is 6.04. The zero-order valence-electron chi connectivity index (χ0n) is 11.4. The first kappa shape index (κ1) is 14.8. The molecule has 1 aromatic rings. The van der Waals surface area contributed by atoms with Gasteiger partial charge in [0.15, 0.2) is 0 Å². The van der Waals surface area contributed by atoms with Crippen molar-refractivity contribution in [2.24, 2.45) is 0 Å². The Morgan fingerprint density at radius 1 is 1.42 bits per heavy atom. The maximum absolute atomic E-state index is 9.06. The number of aliphatic hydroxyl groups excluding tert-OH is 1. The molecule has 0 bridgehead atoms. The molecule has 1 N–H and O–H groups in total. The summed E-state index contributed by atoms with van der Waals surface area (Å²) in [4.78, 5) is 2.44. The van der Waals surface area contributed by atoms with Crippen LogP contribution < -0.4 is 4.74 Å². The minimum absolute atomic E-state index is 0.0613. The Morgan fingerprint density at radius 3 is 2.95 bits per heavy atom. The third kappa shape index (κ3) is 4.20. The van der Waals surface area contributed by atoms with E-state index in [1.807, 2.05) is 18.2 Å². The third-order valence-corrected chi connectivity index (χ3v) is 4.43. The van der Waals surface area contributed by atoms with Gasteiger partial charge in [-0.15, -0.1) is 0 Å². The summed E-state index contributed by atoms with van der Waals surface area (Å²) < 4.78 is 6.75. The van der Waals surface area contributed by atoms with Crippen molar-refractivity contribution in [1.29, 1.82) is 0 Å². The minimum atomic E-state index is 0.0613. The van der Waals surface area contributed by atoms with Gasteiger partial charge in [-0.1, -0.05) is 12.5 Å². The van der Waals surface area contributed by atoms with Gasteiger partial charge >= 0.3 is 0 Å². The second-order valence-electron chi connectivity index (χ2n) is 5.19. The lowest BCUT2D eigenvalue weighted by atomic mass is 10.0. The smallest absolute Gasteiger partial charge is 0.133 e. The zero-order valence-corrected chi connectivity index (χ0v) is 13.0. The second kappa shape index (κ2) is 7.27. The van der Waals surface area contributed by atoms with Crippen LogP contribution in [0.3, 0.4) is 0 Å². The number of rotatable bonds is 5. The van der Waals surface area contributed by atoms with Gasteiger partial charge in [0.25, 0.3) is 0 Å².